The summed E-state index contributed by atoms with van der Waals surface area (Å²) < 4.78 is 5.40. The van der Waals surface area contributed by atoms with Gasteiger partial charge in [-0.25, -0.2) is 4.98 Å². The van der Waals surface area contributed by atoms with Crippen LogP contribution < -0.4 is 10.2 Å². The highest BCUT2D eigenvalue weighted by Gasteiger charge is 2.15. The molecule has 0 saturated carbocycles. The summed E-state index contributed by atoms with van der Waals surface area (Å²) >= 11 is 1.65. The van der Waals surface area contributed by atoms with Crippen LogP contribution in [0, 0.1) is 6.92 Å². The van der Waals surface area contributed by atoms with Crippen LogP contribution in [0.1, 0.15) is 15.9 Å². The van der Waals surface area contributed by atoms with Crippen molar-refractivity contribution in [2.75, 3.05) is 36.5 Å². The van der Waals surface area contributed by atoms with Crippen molar-refractivity contribution >= 4 is 28.1 Å². The molecule has 0 bridgehead atoms. The van der Waals surface area contributed by atoms with Gasteiger partial charge in [0.25, 0.3) is 5.91 Å². The molecule has 1 saturated heterocycles. The molecule has 1 aliphatic rings. The molecule has 1 N–H and O–H groups in total. The number of hydrogen-bond acceptors (Lipinski definition) is 5. The molecule has 0 radical (unpaired) electrons. The minimum atomic E-state index is -0.106. The van der Waals surface area contributed by atoms with E-state index in [1.807, 2.05) is 55.5 Å². The third kappa shape index (κ3) is 4.18. The maximum absolute atomic E-state index is 12.3. The Labute approximate surface area is 162 Å². The average Bonchev–Trinajstić information content (AvgIpc) is 3.20. The van der Waals surface area contributed by atoms with E-state index in [1.165, 1.54) is 0 Å². The maximum atomic E-state index is 12.3. The van der Waals surface area contributed by atoms with Crippen LogP contribution in [-0.4, -0.2) is 37.2 Å². The summed E-state index contributed by atoms with van der Waals surface area (Å²) in [6.45, 7) is 5.28. The summed E-state index contributed by atoms with van der Waals surface area (Å²) in [5.74, 6) is -0.106. The Morgan fingerprint density at radius 2 is 1.78 bits per heavy atom. The zero-order chi connectivity index (χ0) is 18.6. The number of nitrogens with one attached hydrogen (secondary N) is 1. The SMILES string of the molecule is Cc1ccc(C(=O)Nc2ccc(-c3csc(N4CCOCC4)n3)cc2)cc1. The first-order valence-electron chi connectivity index (χ1n) is 8.96. The molecule has 1 amide bonds. The Kier molecular flexibility index (Phi) is 5.18. The van der Waals surface area contributed by atoms with Gasteiger partial charge in [-0.3, -0.25) is 4.79 Å². The van der Waals surface area contributed by atoms with Crippen molar-refractivity contribution in [2.45, 2.75) is 6.92 Å². The highest BCUT2D eigenvalue weighted by molar-refractivity contribution is 7.14. The zero-order valence-corrected chi connectivity index (χ0v) is 16.0. The number of aryl methyl sites for hydroxylation is 1. The van der Waals surface area contributed by atoms with Gasteiger partial charge in [-0.15, -0.1) is 11.3 Å². The number of carbonyl (C=O) groups is 1. The summed E-state index contributed by atoms with van der Waals surface area (Å²) in [6, 6.07) is 15.3. The Hall–Kier alpha value is -2.70. The molecule has 4 rings (SSSR count). The second-order valence-electron chi connectivity index (χ2n) is 6.51. The van der Waals surface area contributed by atoms with Crippen LogP contribution in [0.15, 0.2) is 53.9 Å². The summed E-state index contributed by atoms with van der Waals surface area (Å²) in [4.78, 5) is 19.3. The number of aromatic nitrogens is 1. The van der Waals surface area contributed by atoms with Gasteiger partial charge in [0.15, 0.2) is 5.13 Å². The van der Waals surface area contributed by atoms with Gasteiger partial charge in [0.2, 0.25) is 0 Å². The number of ether oxygens (including phenoxy) is 1. The molecular weight excluding hydrogens is 358 g/mol. The molecule has 138 valence electrons. The molecule has 5 nitrogen and oxygen atoms in total. The Morgan fingerprint density at radius 3 is 2.48 bits per heavy atom. The fraction of sp³-hybridized carbons (Fsp3) is 0.238. The number of rotatable bonds is 4. The second-order valence-corrected chi connectivity index (χ2v) is 7.35. The number of benzene rings is 2. The van der Waals surface area contributed by atoms with E-state index in [0.29, 0.717) is 5.56 Å². The third-order valence-corrected chi connectivity index (χ3v) is 5.43. The number of carbonyl (C=O) groups excluding carboxylic acids is 1. The number of nitrogens with zero attached hydrogens (tertiary/aromatic N) is 2. The maximum Gasteiger partial charge on any atom is 0.255 e. The van der Waals surface area contributed by atoms with E-state index in [1.54, 1.807) is 11.3 Å². The van der Waals surface area contributed by atoms with Crippen LogP contribution in [0.4, 0.5) is 10.8 Å². The predicted molar refractivity (Wildman–Crippen MR) is 110 cm³/mol. The monoisotopic (exact) mass is 379 g/mol. The third-order valence-electron chi connectivity index (χ3n) is 4.53. The van der Waals surface area contributed by atoms with E-state index in [-0.39, 0.29) is 5.91 Å². The van der Waals surface area contributed by atoms with Gasteiger partial charge >= 0.3 is 0 Å². The number of amides is 1. The molecule has 3 aromatic rings. The van der Waals surface area contributed by atoms with E-state index in [4.69, 9.17) is 9.72 Å². The first-order chi connectivity index (χ1) is 13.2. The van der Waals surface area contributed by atoms with Crippen molar-refractivity contribution in [2.24, 2.45) is 0 Å². The topological polar surface area (TPSA) is 54.5 Å². The normalized spacial score (nSPS) is 14.2. The molecular formula is C21H21N3O2S. The number of morpholine rings is 1. The molecule has 0 unspecified atom stereocenters. The molecule has 6 heteroatoms. The lowest BCUT2D eigenvalue weighted by Crippen LogP contribution is -2.36. The Balaban J connectivity index is 1.43. The fourth-order valence-electron chi connectivity index (χ4n) is 2.93. The molecule has 0 spiro atoms. The lowest BCUT2D eigenvalue weighted by atomic mass is 10.1. The molecule has 1 aromatic heterocycles. The van der Waals surface area contributed by atoms with Crippen LogP contribution in [0.25, 0.3) is 11.3 Å². The number of anilines is 2. The van der Waals surface area contributed by atoms with Gasteiger partial charge in [0.05, 0.1) is 18.9 Å². The van der Waals surface area contributed by atoms with Crippen LogP contribution in [0.3, 0.4) is 0 Å². The summed E-state index contributed by atoms with van der Waals surface area (Å²) in [5.41, 5.74) is 4.56. The van der Waals surface area contributed by atoms with Gasteiger partial charge in [0.1, 0.15) is 0 Å². The summed E-state index contributed by atoms with van der Waals surface area (Å²) in [7, 11) is 0. The lowest BCUT2D eigenvalue weighted by Gasteiger charge is -2.26. The van der Waals surface area contributed by atoms with E-state index >= 15 is 0 Å². The highest BCUT2D eigenvalue weighted by atomic mass is 32.1. The molecule has 2 heterocycles. The van der Waals surface area contributed by atoms with Crippen LogP contribution in [0.5, 0.6) is 0 Å². The van der Waals surface area contributed by atoms with Crippen LogP contribution >= 0.6 is 11.3 Å². The number of hydrogen-bond donors (Lipinski definition) is 1. The molecule has 0 aliphatic carbocycles. The average molecular weight is 379 g/mol. The van der Waals surface area contributed by atoms with Crippen molar-refractivity contribution in [3.05, 3.63) is 65.0 Å². The highest BCUT2D eigenvalue weighted by Crippen LogP contribution is 2.28. The molecule has 2 aromatic carbocycles. The molecule has 27 heavy (non-hydrogen) atoms. The van der Waals surface area contributed by atoms with Gasteiger partial charge in [-0.1, -0.05) is 29.8 Å². The summed E-state index contributed by atoms with van der Waals surface area (Å²) in [5, 5.41) is 6.04. The van der Waals surface area contributed by atoms with E-state index < -0.39 is 0 Å². The first-order valence-corrected chi connectivity index (χ1v) is 9.84. The van der Waals surface area contributed by atoms with Crippen molar-refractivity contribution in [3.8, 4) is 11.3 Å². The summed E-state index contributed by atoms with van der Waals surface area (Å²) in [6.07, 6.45) is 0. The van der Waals surface area contributed by atoms with Crippen LogP contribution in [-0.2, 0) is 4.74 Å². The fourth-order valence-corrected chi connectivity index (χ4v) is 3.82. The van der Waals surface area contributed by atoms with Gasteiger partial charge in [0, 0.05) is 35.3 Å². The zero-order valence-electron chi connectivity index (χ0n) is 15.1. The van der Waals surface area contributed by atoms with Crippen molar-refractivity contribution in [3.63, 3.8) is 0 Å². The number of thiazole rings is 1. The standard InChI is InChI=1S/C21H21N3O2S/c1-15-2-4-17(5-3-15)20(25)22-18-8-6-16(7-9-18)19-14-27-21(23-19)24-10-12-26-13-11-24/h2-9,14H,10-13H2,1H3,(H,22,25). The minimum absolute atomic E-state index is 0.106. The minimum Gasteiger partial charge on any atom is -0.378 e. The van der Waals surface area contributed by atoms with Gasteiger partial charge in [-0.05, 0) is 31.2 Å². The predicted octanol–water partition coefficient (Wildman–Crippen LogP) is 4.21. The van der Waals surface area contributed by atoms with Crippen molar-refractivity contribution in [1.82, 2.24) is 4.98 Å². The van der Waals surface area contributed by atoms with Crippen LogP contribution in [0.2, 0.25) is 0 Å². The molecule has 0 atom stereocenters. The Bertz CT molecular complexity index is 913. The first kappa shape index (κ1) is 17.7. The van der Waals surface area contributed by atoms with E-state index in [2.05, 4.69) is 15.6 Å². The van der Waals surface area contributed by atoms with Crippen molar-refractivity contribution < 1.29 is 9.53 Å². The second kappa shape index (κ2) is 7.90. The lowest BCUT2D eigenvalue weighted by molar-refractivity contribution is 0.102. The molecule has 1 aliphatic heterocycles. The molecule has 1 fully saturated rings. The van der Waals surface area contributed by atoms with E-state index in [9.17, 15) is 4.79 Å². The quantitative estimate of drug-likeness (QED) is 0.738. The Morgan fingerprint density at radius 1 is 1.07 bits per heavy atom. The van der Waals surface area contributed by atoms with Gasteiger partial charge < -0.3 is 15.0 Å². The van der Waals surface area contributed by atoms with Gasteiger partial charge in [-0.2, -0.15) is 0 Å². The van der Waals surface area contributed by atoms with E-state index in [0.717, 1.165) is 53.9 Å². The van der Waals surface area contributed by atoms with Crippen molar-refractivity contribution in [1.29, 1.82) is 0 Å². The smallest absolute Gasteiger partial charge is 0.255 e. The largest absolute Gasteiger partial charge is 0.378 e.